The fraction of sp³-hybridized carbons (Fsp3) is 0.600. The third-order valence-corrected chi connectivity index (χ3v) is 5.27. The molecule has 1 aromatic rings. The summed E-state index contributed by atoms with van der Waals surface area (Å²) in [6, 6.07) is 7.07. The Morgan fingerprint density at radius 1 is 1.32 bits per heavy atom. The molecule has 1 saturated carbocycles. The lowest BCUT2D eigenvalue weighted by Gasteiger charge is -2.45. The van der Waals surface area contributed by atoms with Crippen LogP contribution < -0.4 is 4.90 Å². The second-order valence-electron chi connectivity index (χ2n) is 5.36. The molecule has 0 bridgehead atoms. The normalized spacial score (nSPS) is 27.2. The van der Waals surface area contributed by atoms with Gasteiger partial charge in [0.15, 0.2) is 0 Å². The highest BCUT2D eigenvalue weighted by Gasteiger charge is 2.34. The van der Waals surface area contributed by atoms with E-state index in [1.807, 2.05) is 0 Å². The highest BCUT2D eigenvalue weighted by molar-refractivity contribution is 9.10. The molecule has 19 heavy (non-hydrogen) atoms. The van der Waals surface area contributed by atoms with Crippen LogP contribution in [0.5, 0.6) is 0 Å². The molecule has 4 heteroatoms. The molecule has 1 heterocycles. The van der Waals surface area contributed by atoms with Crippen molar-refractivity contribution in [2.24, 2.45) is 0 Å². The van der Waals surface area contributed by atoms with Crippen LogP contribution in [-0.2, 0) is 10.6 Å². The summed E-state index contributed by atoms with van der Waals surface area (Å²) in [6.07, 6.45) is 5.52. The van der Waals surface area contributed by atoms with E-state index in [9.17, 15) is 0 Å². The number of alkyl halides is 1. The molecule has 0 radical (unpaired) electrons. The summed E-state index contributed by atoms with van der Waals surface area (Å²) in [7, 11) is 0. The number of nitrogens with zero attached hydrogens (tertiary/aromatic N) is 1. The standard InChI is InChI=1S/C15H19BrClNO/c16-13-9-12(6-5-11(13)10-17)18-7-8-19-15-4-2-1-3-14(15)18/h5-6,9,14-15H,1-4,7-8,10H2. The van der Waals surface area contributed by atoms with E-state index in [4.69, 9.17) is 16.3 Å². The third kappa shape index (κ3) is 2.79. The molecule has 2 fully saturated rings. The van der Waals surface area contributed by atoms with Gasteiger partial charge in [0.05, 0.1) is 18.8 Å². The first kappa shape index (κ1) is 13.7. The van der Waals surface area contributed by atoms with Crippen molar-refractivity contribution in [3.63, 3.8) is 0 Å². The molecular formula is C15H19BrClNO. The molecule has 2 aliphatic rings. The molecule has 1 aromatic carbocycles. The summed E-state index contributed by atoms with van der Waals surface area (Å²) < 4.78 is 7.04. The number of fused-ring (bicyclic) bond motifs is 1. The van der Waals surface area contributed by atoms with E-state index < -0.39 is 0 Å². The van der Waals surface area contributed by atoms with Gasteiger partial charge in [-0.1, -0.05) is 34.8 Å². The van der Waals surface area contributed by atoms with Gasteiger partial charge in [-0.3, -0.25) is 0 Å². The van der Waals surface area contributed by atoms with E-state index in [0.29, 0.717) is 18.0 Å². The second-order valence-corrected chi connectivity index (χ2v) is 6.49. The van der Waals surface area contributed by atoms with Crippen molar-refractivity contribution in [1.82, 2.24) is 0 Å². The minimum Gasteiger partial charge on any atom is -0.374 e. The van der Waals surface area contributed by atoms with E-state index in [-0.39, 0.29) is 0 Å². The number of hydrogen-bond acceptors (Lipinski definition) is 2. The molecule has 3 rings (SSSR count). The molecule has 1 aliphatic carbocycles. The highest BCUT2D eigenvalue weighted by Crippen LogP contribution is 2.34. The summed E-state index contributed by atoms with van der Waals surface area (Å²) in [6.45, 7) is 1.84. The number of ether oxygens (including phenoxy) is 1. The molecule has 104 valence electrons. The van der Waals surface area contributed by atoms with Crippen molar-refractivity contribution in [3.05, 3.63) is 28.2 Å². The fourth-order valence-electron chi connectivity index (χ4n) is 3.24. The Balaban J connectivity index is 1.85. The van der Waals surface area contributed by atoms with Crippen LogP contribution in [0.1, 0.15) is 31.2 Å². The van der Waals surface area contributed by atoms with Gasteiger partial charge in [-0.05, 0) is 30.5 Å². The van der Waals surface area contributed by atoms with Crippen LogP contribution >= 0.6 is 27.5 Å². The molecule has 0 aromatic heterocycles. The molecule has 1 aliphatic heterocycles. The zero-order valence-electron chi connectivity index (χ0n) is 10.9. The molecule has 0 N–H and O–H groups in total. The van der Waals surface area contributed by atoms with Gasteiger partial charge in [-0.15, -0.1) is 11.6 Å². The first-order valence-corrected chi connectivity index (χ1v) is 8.35. The lowest BCUT2D eigenvalue weighted by atomic mass is 9.90. The van der Waals surface area contributed by atoms with Crippen molar-refractivity contribution in [2.75, 3.05) is 18.1 Å². The van der Waals surface area contributed by atoms with Crippen LogP contribution in [0.15, 0.2) is 22.7 Å². The fourth-order valence-corrected chi connectivity index (χ4v) is 4.14. The average Bonchev–Trinajstić information content (AvgIpc) is 2.46. The average molecular weight is 345 g/mol. The maximum absolute atomic E-state index is 5.93. The Labute approximate surface area is 128 Å². The van der Waals surface area contributed by atoms with Crippen LogP contribution in [0.4, 0.5) is 5.69 Å². The summed E-state index contributed by atoms with van der Waals surface area (Å²) in [4.78, 5) is 2.52. The summed E-state index contributed by atoms with van der Waals surface area (Å²) in [5, 5.41) is 0. The van der Waals surface area contributed by atoms with E-state index >= 15 is 0 Å². The summed E-state index contributed by atoms with van der Waals surface area (Å²) in [5.41, 5.74) is 2.44. The predicted octanol–water partition coefficient (Wildman–Crippen LogP) is 4.34. The molecule has 2 atom stereocenters. The van der Waals surface area contributed by atoms with Gasteiger partial charge in [0.2, 0.25) is 0 Å². The van der Waals surface area contributed by atoms with E-state index in [2.05, 4.69) is 39.0 Å². The Hall–Kier alpha value is -0.250. The number of benzene rings is 1. The number of morpholine rings is 1. The maximum atomic E-state index is 5.93. The molecule has 2 nitrogen and oxygen atoms in total. The zero-order chi connectivity index (χ0) is 13.2. The smallest absolute Gasteiger partial charge is 0.0779 e. The molecule has 2 unspecified atom stereocenters. The van der Waals surface area contributed by atoms with Crippen LogP contribution in [-0.4, -0.2) is 25.3 Å². The zero-order valence-corrected chi connectivity index (χ0v) is 13.3. The Morgan fingerprint density at radius 2 is 2.16 bits per heavy atom. The first-order chi connectivity index (χ1) is 9.29. The van der Waals surface area contributed by atoms with Gasteiger partial charge >= 0.3 is 0 Å². The first-order valence-electron chi connectivity index (χ1n) is 7.02. The SMILES string of the molecule is ClCc1ccc(N2CCOC3CCCCC32)cc1Br. The van der Waals surface area contributed by atoms with Gasteiger partial charge in [0.25, 0.3) is 0 Å². The lowest BCUT2D eigenvalue weighted by molar-refractivity contribution is -0.00868. The Morgan fingerprint density at radius 3 is 2.95 bits per heavy atom. The van der Waals surface area contributed by atoms with E-state index in [0.717, 1.165) is 23.2 Å². The van der Waals surface area contributed by atoms with Gasteiger partial charge in [-0.25, -0.2) is 0 Å². The highest BCUT2D eigenvalue weighted by atomic mass is 79.9. The largest absolute Gasteiger partial charge is 0.374 e. The van der Waals surface area contributed by atoms with Gasteiger partial charge in [0, 0.05) is 22.6 Å². The maximum Gasteiger partial charge on any atom is 0.0779 e. The van der Waals surface area contributed by atoms with Crippen molar-refractivity contribution < 1.29 is 4.74 Å². The van der Waals surface area contributed by atoms with Crippen LogP contribution in [0.3, 0.4) is 0 Å². The second kappa shape index (κ2) is 6.02. The lowest BCUT2D eigenvalue weighted by Crippen LogP contribution is -2.52. The van der Waals surface area contributed by atoms with Crippen molar-refractivity contribution in [2.45, 2.75) is 43.7 Å². The monoisotopic (exact) mass is 343 g/mol. The molecular weight excluding hydrogens is 326 g/mol. The van der Waals surface area contributed by atoms with Gasteiger partial charge in [-0.2, -0.15) is 0 Å². The Kier molecular flexibility index (Phi) is 4.35. The van der Waals surface area contributed by atoms with Gasteiger partial charge in [0.1, 0.15) is 0 Å². The summed E-state index contributed by atoms with van der Waals surface area (Å²) in [5.74, 6) is 0.552. The molecule has 0 amide bonds. The minimum atomic E-state index is 0.425. The van der Waals surface area contributed by atoms with Gasteiger partial charge < -0.3 is 9.64 Å². The topological polar surface area (TPSA) is 12.5 Å². The number of halogens is 2. The van der Waals surface area contributed by atoms with Crippen molar-refractivity contribution in [3.8, 4) is 0 Å². The van der Waals surface area contributed by atoms with E-state index in [1.54, 1.807) is 0 Å². The number of rotatable bonds is 2. The van der Waals surface area contributed by atoms with Crippen LogP contribution in [0, 0.1) is 0 Å². The summed E-state index contributed by atoms with van der Waals surface area (Å²) >= 11 is 9.54. The van der Waals surface area contributed by atoms with Crippen molar-refractivity contribution in [1.29, 1.82) is 0 Å². The van der Waals surface area contributed by atoms with Crippen molar-refractivity contribution >= 4 is 33.2 Å². The number of hydrogen-bond donors (Lipinski definition) is 0. The predicted molar refractivity (Wildman–Crippen MR) is 83.0 cm³/mol. The van der Waals surface area contributed by atoms with E-state index in [1.165, 1.54) is 31.4 Å². The third-order valence-electron chi connectivity index (χ3n) is 4.24. The molecule has 1 saturated heterocycles. The molecule has 0 spiro atoms. The Bertz CT molecular complexity index is 452. The van der Waals surface area contributed by atoms with Crippen LogP contribution in [0.25, 0.3) is 0 Å². The number of anilines is 1. The van der Waals surface area contributed by atoms with Crippen LogP contribution in [0.2, 0.25) is 0 Å². The minimum absolute atomic E-state index is 0.425. The quantitative estimate of drug-likeness (QED) is 0.740.